The number of sulfonamides is 1. The Bertz CT molecular complexity index is 1550. The van der Waals surface area contributed by atoms with Crippen molar-refractivity contribution in [3.05, 3.63) is 82.3 Å². The average molecular weight is 494 g/mol. The highest BCUT2D eigenvalue weighted by Gasteiger charge is 2.19. The molecular weight excluding hydrogens is 466 g/mol. The van der Waals surface area contributed by atoms with E-state index in [9.17, 15) is 18.0 Å². The van der Waals surface area contributed by atoms with Crippen molar-refractivity contribution in [3.8, 4) is 5.69 Å². The van der Waals surface area contributed by atoms with Crippen LogP contribution in [0.1, 0.15) is 17.7 Å². The van der Waals surface area contributed by atoms with Crippen molar-refractivity contribution in [2.24, 2.45) is 0 Å². The van der Waals surface area contributed by atoms with E-state index in [4.69, 9.17) is 0 Å². The summed E-state index contributed by atoms with van der Waals surface area (Å²) >= 11 is 0. The molecular formula is C25H27N5O4S. The zero-order valence-electron chi connectivity index (χ0n) is 20.0. The monoisotopic (exact) mass is 493 g/mol. The highest BCUT2D eigenvalue weighted by Crippen LogP contribution is 2.24. The molecule has 0 aliphatic rings. The maximum Gasteiger partial charge on any atom is 0.252 e. The number of aryl methyl sites for hydroxylation is 3. The summed E-state index contributed by atoms with van der Waals surface area (Å²) in [6.45, 7) is 3.94. The minimum absolute atomic E-state index is 0.0504. The van der Waals surface area contributed by atoms with Crippen LogP contribution >= 0.6 is 0 Å². The molecule has 4 rings (SSSR count). The first kappa shape index (κ1) is 24.4. The van der Waals surface area contributed by atoms with Gasteiger partial charge in [0.05, 0.1) is 16.3 Å². The number of rotatable bonds is 7. The maximum atomic E-state index is 12.9. The van der Waals surface area contributed by atoms with Crippen LogP contribution in [0.5, 0.6) is 0 Å². The molecule has 2 aromatic carbocycles. The molecule has 0 unspecified atom stereocenters. The van der Waals surface area contributed by atoms with Crippen LogP contribution in [-0.4, -0.2) is 47.1 Å². The van der Waals surface area contributed by atoms with Gasteiger partial charge < -0.3 is 5.32 Å². The number of fused-ring (bicyclic) bond motifs is 1. The molecule has 182 valence electrons. The Morgan fingerprint density at radius 3 is 2.31 bits per heavy atom. The van der Waals surface area contributed by atoms with Gasteiger partial charge >= 0.3 is 0 Å². The summed E-state index contributed by atoms with van der Waals surface area (Å²) in [5.41, 5.74) is 3.36. The molecule has 0 saturated carbocycles. The standard InChI is InChI=1S/C25H27N5O4S/c1-17-16-23(32)29(25-24(17)18(2)27-30(25)20-8-6-5-7-9-20)15-14-22(31)26-19-10-12-21(13-11-19)35(33,34)28(3)4/h5-13,16H,14-15H2,1-4H3,(H,26,31). The van der Waals surface area contributed by atoms with Crippen LogP contribution in [0.15, 0.2) is 70.4 Å². The number of hydrogen-bond donors (Lipinski definition) is 1. The van der Waals surface area contributed by atoms with Gasteiger partial charge in [0, 0.05) is 44.2 Å². The molecule has 4 aromatic rings. The molecule has 9 nitrogen and oxygen atoms in total. The van der Waals surface area contributed by atoms with Gasteiger partial charge in [-0.2, -0.15) is 5.10 Å². The molecule has 1 N–H and O–H groups in total. The number of pyridine rings is 1. The fourth-order valence-corrected chi connectivity index (χ4v) is 4.89. The second-order valence-corrected chi connectivity index (χ2v) is 10.6. The van der Waals surface area contributed by atoms with Crippen molar-refractivity contribution in [1.82, 2.24) is 18.7 Å². The van der Waals surface area contributed by atoms with E-state index in [0.717, 1.165) is 26.6 Å². The van der Waals surface area contributed by atoms with Gasteiger partial charge in [0.15, 0.2) is 0 Å². The molecule has 0 fully saturated rings. The summed E-state index contributed by atoms with van der Waals surface area (Å²) in [6.07, 6.45) is 0.0504. The van der Waals surface area contributed by atoms with E-state index in [1.165, 1.54) is 26.2 Å². The average Bonchev–Trinajstić information content (AvgIpc) is 3.17. The van der Waals surface area contributed by atoms with Crippen molar-refractivity contribution in [2.45, 2.75) is 31.7 Å². The predicted molar refractivity (Wildman–Crippen MR) is 135 cm³/mol. The third-order valence-electron chi connectivity index (χ3n) is 5.77. The van der Waals surface area contributed by atoms with Crippen molar-refractivity contribution < 1.29 is 13.2 Å². The Kier molecular flexibility index (Phi) is 6.60. The second-order valence-electron chi connectivity index (χ2n) is 8.46. The first-order valence-corrected chi connectivity index (χ1v) is 12.5. The van der Waals surface area contributed by atoms with Crippen LogP contribution in [0.3, 0.4) is 0 Å². The van der Waals surface area contributed by atoms with E-state index in [1.54, 1.807) is 27.4 Å². The smallest absolute Gasteiger partial charge is 0.252 e. The molecule has 0 aliphatic heterocycles. The fraction of sp³-hybridized carbons (Fsp3) is 0.240. The van der Waals surface area contributed by atoms with Gasteiger partial charge in [-0.05, 0) is 55.8 Å². The lowest BCUT2D eigenvalue weighted by Gasteiger charge is -2.13. The Morgan fingerprint density at radius 2 is 1.69 bits per heavy atom. The summed E-state index contributed by atoms with van der Waals surface area (Å²) < 4.78 is 28.9. The molecule has 2 heterocycles. The molecule has 0 saturated heterocycles. The summed E-state index contributed by atoms with van der Waals surface area (Å²) in [5, 5.41) is 8.31. The SMILES string of the molecule is Cc1cc(=O)n(CCC(=O)Nc2ccc(S(=O)(=O)N(C)C)cc2)c2c1c(C)nn2-c1ccccc1. The third-order valence-corrected chi connectivity index (χ3v) is 7.60. The van der Waals surface area contributed by atoms with Gasteiger partial charge in [0.1, 0.15) is 5.65 Å². The van der Waals surface area contributed by atoms with E-state index in [0.29, 0.717) is 11.3 Å². The maximum absolute atomic E-state index is 12.9. The molecule has 35 heavy (non-hydrogen) atoms. The minimum Gasteiger partial charge on any atom is -0.326 e. The number of carbonyl (C=O) groups is 1. The van der Waals surface area contributed by atoms with Crippen LogP contribution in [-0.2, 0) is 21.4 Å². The summed E-state index contributed by atoms with van der Waals surface area (Å²) in [4.78, 5) is 25.7. The number of amides is 1. The number of nitrogens with zero attached hydrogens (tertiary/aromatic N) is 4. The highest BCUT2D eigenvalue weighted by molar-refractivity contribution is 7.89. The van der Waals surface area contributed by atoms with Gasteiger partial charge in [-0.25, -0.2) is 17.4 Å². The van der Waals surface area contributed by atoms with Gasteiger partial charge in [0.25, 0.3) is 5.56 Å². The van der Waals surface area contributed by atoms with Gasteiger partial charge in [-0.3, -0.25) is 14.2 Å². The Hall–Kier alpha value is -3.76. The number of carbonyl (C=O) groups excluding carboxylic acids is 1. The number of nitrogens with one attached hydrogen (secondary N) is 1. The lowest BCUT2D eigenvalue weighted by Crippen LogP contribution is -2.25. The zero-order chi connectivity index (χ0) is 25.3. The molecule has 1 amide bonds. The number of benzene rings is 2. The van der Waals surface area contributed by atoms with Crippen LogP contribution in [0.4, 0.5) is 5.69 Å². The first-order chi connectivity index (χ1) is 16.6. The Balaban J connectivity index is 1.59. The molecule has 0 radical (unpaired) electrons. The Morgan fingerprint density at radius 1 is 1.03 bits per heavy atom. The third kappa shape index (κ3) is 4.75. The topological polar surface area (TPSA) is 106 Å². The number of aromatic nitrogens is 3. The number of para-hydroxylation sites is 1. The summed E-state index contributed by atoms with van der Waals surface area (Å²) in [6, 6.07) is 17.1. The van der Waals surface area contributed by atoms with Crippen LogP contribution in [0.2, 0.25) is 0 Å². The predicted octanol–water partition coefficient (Wildman–Crippen LogP) is 3.08. The van der Waals surface area contributed by atoms with Crippen LogP contribution in [0, 0.1) is 13.8 Å². The summed E-state index contributed by atoms with van der Waals surface area (Å²) in [7, 11) is -0.631. The van der Waals surface area contributed by atoms with Gasteiger partial charge in [-0.1, -0.05) is 18.2 Å². The quantitative estimate of drug-likeness (QED) is 0.426. The molecule has 0 aliphatic carbocycles. The lowest BCUT2D eigenvalue weighted by molar-refractivity contribution is -0.116. The fourth-order valence-electron chi connectivity index (χ4n) is 3.99. The van der Waals surface area contributed by atoms with Crippen molar-refractivity contribution in [2.75, 3.05) is 19.4 Å². The highest BCUT2D eigenvalue weighted by atomic mass is 32.2. The molecule has 2 aromatic heterocycles. The van der Waals surface area contributed by atoms with Crippen molar-refractivity contribution in [1.29, 1.82) is 0 Å². The lowest BCUT2D eigenvalue weighted by atomic mass is 10.1. The van der Waals surface area contributed by atoms with E-state index in [-0.39, 0.29) is 29.3 Å². The Labute approximate surface area is 203 Å². The van der Waals surface area contributed by atoms with Gasteiger partial charge in [0.2, 0.25) is 15.9 Å². The van der Waals surface area contributed by atoms with E-state index >= 15 is 0 Å². The molecule has 0 spiro atoms. The first-order valence-electron chi connectivity index (χ1n) is 11.1. The van der Waals surface area contributed by atoms with Crippen LogP contribution in [0.25, 0.3) is 16.7 Å². The molecule has 0 atom stereocenters. The molecule has 10 heteroatoms. The normalized spacial score (nSPS) is 11.8. The minimum atomic E-state index is -3.55. The number of hydrogen-bond acceptors (Lipinski definition) is 5. The second kappa shape index (κ2) is 9.47. The largest absolute Gasteiger partial charge is 0.326 e. The summed E-state index contributed by atoms with van der Waals surface area (Å²) in [5.74, 6) is -0.295. The van der Waals surface area contributed by atoms with E-state index in [1.807, 2.05) is 44.2 Å². The van der Waals surface area contributed by atoms with E-state index < -0.39 is 10.0 Å². The number of anilines is 1. The van der Waals surface area contributed by atoms with E-state index in [2.05, 4.69) is 10.4 Å². The van der Waals surface area contributed by atoms with Crippen molar-refractivity contribution >= 4 is 32.7 Å². The van der Waals surface area contributed by atoms with Crippen LogP contribution < -0.4 is 10.9 Å². The zero-order valence-corrected chi connectivity index (χ0v) is 20.8. The van der Waals surface area contributed by atoms with Gasteiger partial charge in [-0.15, -0.1) is 0 Å². The molecule has 0 bridgehead atoms. The van der Waals surface area contributed by atoms with Crippen molar-refractivity contribution in [3.63, 3.8) is 0 Å².